The molecule has 0 unspecified atom stereocenters. The molecule has 18 heavy (non-hydrogen) atoms. The van der Waals surface area contributed by atoms with Gasteiger partial charge in [0.2, 0.25) is 0 Å². The third-order valence-electron chi connectivity index (χ3n) is 3.12. The van der Waals surface area contributed by atoms with Gasteiger partial charge >= 0.3 is 0 Å². The SMILES string of the molecule is Oc1ccc([C@H]2OCO[C@H]2c2ccccc2)cc1. The summed E-state index contributed by atoms with van der Waals surface area (Å²) in [7, 11) is 0. The summed E-state index contributed by atoms with van der Waals surface area (Å²) in [5.41, 5.74) is 2.12. The van der Waals surface area contributed by atoms with Crippen molar-refractivity contribution >= 4 is 0 Å². The third-order valence-corrected chi connectivity index (χ3v) is 3.12. The van der Waals surface area contributed by atoms with Crippen molar-refractivity contribution in [2.24, 2.45) is 0 Å². The lowest BCUT2D eigenvalue weighted by atomic mass is 9.98. The molecule has 3 nitrogen and oxygen atoms in total. The maximum atomic E-state index is 9.31. The largest absolute Gasteiger partial charge is 0.508 e. The molecule has 92 valence electrons. The Bertz CT molecular complexity index is 507. The first-order valence-electron chi connectivity index (χ1n) is 5.92. The lowest BCUT2D eigenvalue weighted by Gasteiger charge is -2.17. The molecule has 2 atom stereocenters. The van der Waals surface area contributed by atoms with Crippen molar-refractivity contribution in [2.75, 3.05) is 6.79 Å². The summed E-state index contributed by atoms with van der Waals surface area (Å²) in [6.45, 7) is 0.297. The van der Waals surface area contributed by atoms with Crippen LogP contribution in [0.25, 0.3) is 0 Å². The van der Waals surface area contributed by atoms with Gasteiger partial charge in [-0.05, 0) is 23.3 Å². The molecule has 0 radical (unpaired) electrons. The predicted molar refractivity (Wildman–Crippen MR) is 67.1 cm³/mol. The van der Waals surface area contributed by atoms with Gasteiger partial charge in [0.1, 0.15) is 24.8 Å². The molecule has 0 amide bonds. The van der Waals surface area contributed by atoms with Crippen molar-refractivity contribution in [2.45, 2.75) is 12.2 Å². The van der Waals surface area contributed by atoms with E-state index < -0.39 is 0 Å². The zero-order valence-electron chi connectivity index (χ0n) is 9.82. The maximum Gasteiger partial charge on any atom is 0.148 e. The number of ether oxygens (including phenoxy) is 2. The van der Waals surface area contributed by atoms with Crippen molar-refractivity contribution in [1.29, 1.82) is 0 Å². The Morgan fingerprint density at radius 2 is 1.33 bits per heavy atom. The lowest BCUT2D eigenvalue weighted by molar-refractivity contribution is 0.0382. The van der Waals surface area contributed by atoms with Crippen molar-refractivity contribution in [3.8, 4) is 5.75 Å². The summed E-state index contributed by atoms with van der Waals surface area (Å²) in [6, 6.07) is 17.1. The maximum absolute atomic E-state index is 9.31. The normalized spacial score (nSPS) is 23.1. The van der Waals surface area contributed by atoms with Gasteiger partial charge in [0.15, 0.2) is 0 Å². The zero-order chi connectivity index (χ0) is 12.4. The number of phenols is 1. The second kappa shape index (κ2) is 4.80. The van der Waals surface area contributed by atoms with Crippen molar-refractivity contribution in [1.82, 2.24) is 0 Å². The first-order valence-corrected chi connectivity index (χ1v) is 5.92. The standard InChI is InChI=1S/C15H14O3/c16-13-8-6-12(7-9-13)15-14(17-10-18-15)11-4-2-1-3-5-11/h1-9,14-16H,10H2/t14-,15+/m0/s1. The highest BCUT2D eigenvalue weighted by Gasteiger charge is 2.31. The Labute approximate surface area is 106 Å². The summed E-state index contributed by atoms with van der Waals surface area (Å²) in [6.07, 6.45) is -0.205. The molecule has 1 aliphatic rings. The topological polar surface area (TPSA) is 38.7 Å². The van der Waals surface area contributed by atoms with Crippen LogP contribution in [0.1, 0.15) is 23.3 Å². The minimum atomic E-state index is -0.118. The van der Waals surface area contributed by atoms with Crippen LogP contribution in [0, 0.1) is 0 Å². The molecule has 0 bridgehead atoms. The Hall–Kier alpha value is -1.84. The molecule has 0 spiro atoms. The van der Waals surface area contributed by atoms with Crippen molar-refractivity contribution in [3.63, 3.8) is 0 Å². The number of rotatable bonds is 2. The number of hydrogen-bond donors (Lipinski definition) is 1. The lowest BCUT2D eigenvalue weighted by Crippen LogP contribution is -2.06. The second-order valence-electron chi connectivity index (χ2n) is 4.29. The molecule has 2 aromatic carbocycles. The van der Waals surface area contributed by atoms with Gasteiger partial charge in [0, 0.05) is 0 Å². The molecule has 1 saturated heterocycles. The van der Waals surface area contributed by atoms with E-state index in [1.165, 1.54) is 0 Å². The molecule has 3 heteroatoms. The molecule has 3 rings (SSSR count). The fourth-order valence-corrected chi connectivity index (χ4v) is 2.21. The van der Waals surface area contributed by atoms with E-state index in [1.54, 1.807) is 12.1 Å². The van der Waals surface area contributed by atoms with Crippen LogP contribution in [0.2, 0.25) is 0 Å². The van der Waals surface area contributed by atoms with Crippen LogP contribution in [-0.4, -0.2) is 11.9 Å². The summed E-state index contributed by atoms with van der Waals surface area (Å²) in [4.78, 5) is 0. The Balaban J connectivity index is 1.90. The number of aromatic hydroxyl groups is 1. The Kier molecular flexibility index (Phi) is 3.00. The highest BCUT2D eigenvalue weighted by molar-refractivity contribution is 5.30. The minimum absolute atomic E-state index is 0.0873. The first kappa shape index (κ1) is 11.3. The smallest absolute Gasteiger partial charge is 0.148 e. The predicted octanol–water partition coefficient (Wildman–Crippen LogP) is 3.18. The van der Waals surface area contributed by atoms with Crippen LogP contribution in [0.3, 0.4) is 0 Å². The summed E-state index contributed by atoms with van der Waals surface area (Å²) >= 11 is 0. The molecule has 1 N–H and O–H groups in total. The summed E-state index contributed by atoms with van der Waals surface area (Å²) < 4.78 is 11.3. The average molecular weight is 242 g/mol. The van der Waals surface area contributed by atoms with E-state index in [0.717, 1.165) is 11.1 Å². The molecule has 0 aliphatic carbocycles. The minimum Gasteiger partial charge on any atom is -0.508 e. The van der Waals surface area contributed by atoms with E-state index in [2.05, 4.69) is 0 Å². The highest BCUT2D eigenvalue weighted by Crippen LogP contribution is 2.39. The highest BCUT2D eigenvalue weighted by atomic mass is 16.7. The number of benzene rings is 2. The van der Waals surface area contributed by atoms with Gasteiger partial charge in [-0.2, -0.15) is 0 Å². The van der Waals surface area contributed by atoms with Crippen LogP contribution in [0.15, 0.2) is 54.6 Å². The second-order valence-corrected chi connectivity index (χ2v) is 4.29. The Morgan fingerprint density at radius 1 is 0.778 bits per heavy atom. The quantitative estimate of drug-likeness (QED) is 0.879. The third kappa shape index (κ3) is 2.10. The first-order chi connectivity index (χ1) is 8.84. The van der Waals surface area contributed by atoms with Gasteiger partial charge in [-0.1, -0.05) is 42.5 Å². The fraction of sp³-hybridized carbons (Fsp3) is 0.200. The average Bonchev–Trinajstić information content (AvgIpc) is 2.90. The molecule has 0 saturated carbocycles. The van der Waals surface area contributed by atoms with Crippen LogP contribution in [-0.2, 0) is 9.47 Å². The van der Waals surface area contributed by atoms with E-state index in [4.69, 9.17) is 9.47 Å². The van der Waals surface area contributed by atoms with Crippen molar-refractivity contribution < 1.29 is 14.6 Å². The van der Waals surface area contributed by atoms with E-state index in [1.807, 2.05) is 42.5 Å². The van der Waals surface area contributed by atoms with Gasteiger partial charge in [-0.25, -0.2) is 0 Å². The van der Waals surface area contributed by atoms with E-state index >= 15 is 0 Å². The molecule has 1 fully saturated rings. The zero-order valence-corrected chi connectivity index (χ0v) is 9.82. The molecule has 1 aliphatic heterocycles. The summed E-state index contributed by atoms with van der Waals surface area (Å²) in [5.74, 6) is 0.258. The van der Waals surface area contributed by atoms with Gasteiger partial charge in [0.05, 0.1) is 0 Å². The molecular formula is C15H14O3. The van der Waals surface area contributed by atoms with Crippen LogP contribution in [0.4, 0.5) is 0 Å². The van der Waals surface area contributed by atoms with Gasteiger partial charge in [-0.15, -0.1) is 0 Å². The van der Waals surface area contributed by atoms with Gasteiger partial charge in [0.25, 0.3) is 0 Å². The molecule has 1 heterocycles. The molecule has 2 aromatic rings. The van der Waals surface area contributed by atoms with E-state index in [9.17, 15) is 5.11 Å². The van der Waals surface area contributed by atoms with Crippen LogP contribution in [0.5, 0.6) is 5.75 Å². The monoisotopic (exact) mass is 242 g/mol. The van der Waals surface area contributed by atoms with Crippen molar-refractivity contribution in [3.05, 3.63) is 65.7 Å². The van der Waals surface area contributed by atoms with E-state index in [0.29, 0.717) is 6.79 Å². The molecule has 0 aromatic heterocycles. The number of phenolic OH excluding ortho intramolecular Hbond substituents is 1. The van der Waals surface area contributed by atoms with E-state index in [-0.39, 0.29) is 18.0 Å². The number of hydrogen-bond acceptors (Lipinski definition) is 3. The van der Waals surface area contributed by atoms with Crippen LogP contribution < -0.4 is 0 Å². The Morgan fingerprint density at radius 3 is 1.94 bits per heavy atom. The van der Waals surface area contributed by atoms with Crippen LogP contribution >= 0.6 is 0 Å². The van der Waals surface area contributed by atoms with Gasteiger partial charge in [-0.3, -0.25) is 0 Å². The summed E-state index contributed by atoms with van der Waals surface area (Å²) in [5, 5.41) is 9.31. The molecular weight excluding hydrogens is 228 g/mol. The van der Waals surface area contributed by atoms with Gasteiger partial charge < -0.3 is 14.6 Å². The fourth-order valence-electron chi connectivity index (χ4n) is 2.21.